The zero-order valence-electron chi connectivity index (χ0n) is 18.8. The molecule has 1 heterocycles. The smallest absolute Gasteiger partial charge is 0.150 e. The molecule has 0 aliphatic carbocycles. The first-order valence-corrected chi connectivity index (χ1v) is 12.1. The molecule has 3 aromatic carbocycles. The predicted molar refractivity (Wildman–Crippen MR) is 133 cm³/mol. The summed E-state index contributed by atoms with van der Waals surface area (Å²) in [6, 6.07) is 27.2. The van der Waals surface area contributed by atoms with E-state index in [1.54, 1.807) is 0 Å². The maximum Gasteiger partial charge on any atom is 0.150 e. The minimum Gasteiger partial charge on any atom is -0.301 e. The van der Waals surface area contributed by atoms with Crippen molar-refractivity contribution in [2.45, 2.75) is 31.1 Å². The number of Topliss-reactive ketones (excluding diaryl/α,β-unsaturated/α-hetero) is 1. The van der Waals surface area contributed by atoms with Crippen LogP contribution in [0.5, 0.6) is 0 Å². The Kier molecular flexibility index (Phi) is 7.15. The van der Waals surface area contributed by atoms with Gasteiger partial charge in [-0.1, -0.05) is 60.7 Å². The number of aryl methyl sites for hydroxylation is 3. The van der Waals surface area contributed by atoms with E-state index in [2.05, 4.69) is 9.82 Å². The summed E-state index contributed by atoms with van der Waals surface area (Å²) in [5, 5.41) is 4.41. The van der Waals surface area contributed by atoms with Gasteiger partial charge >= 0.3 is 0 Å². The van der Waals surface area contributed by atoms with Gasteiger partial charge in [-0.2, -0.15) is 5.10 Å². The van der Waals surface area contributed by atoms with Gasteiger partial charge < -0.3 is 4.72 Å². The van der Waals surface area contributed by atoms with Gasteiger partial charge in [-0.25, -0.2) is 4.21 Å². The largest absolute Gasteiger partial charge is 0.301 e. The third-order valence-corrected chi connectivity index (χ3v) is 6.74. The van der Waals surface area contributed by atoms with Crippen molar-refractivity contribution in [2.75, 3.05) is 4.72 Å². The van der Waals surface area contributed by atoms with E-state index < -0.39 is 11.0 Å². The zero-order chi connectivity index (χ0) is 23.2. The predicted octanol–water partition coefficient (Wildman–Crippen LogP) is 5.27. The van der Waals surface area contributed by atoms with Crippen LogP contribution >= 0.6 is 0 Å². The van der Waals surface area contributed by atoms with Crippen LogP contribution in [0.4, 0.5) is 5.69 Å². The van der Waals surface area contributed by atoms with E-state index in [4.69, 9.17) is 0 Å². The molecule has 0 amide bonds. The van der Waals surface area contributed by atoms with Crippen molar-refractivity contribution in [3.05, 3.63) is 102 Å². The summed E-state index contributed by atoms with van der Waals surface area (Å²) in [4.78, 5) is 13.1. The standard InChI is InChI=1S/C27H27N3O2S/c1-20-18-24(28-30(20)2)16-17-25(31)19-21-12-14-23(15-13-21)29-33(32)27-11-7-6-10-26(27)22-8-4-3-5-9-22/h3-15,18,29H,16-17,19H2,1-2H3. The number of hydrogen-bond acceptors (Lipinski definition) is 3. The third-order valence-electron chi connectivity index (χ3n) is 5.56. The van der Waals surface area contributed by atoms with Crippen LogP contribution in [-0.2, 0) is 35.7 Å². The van der Waals surface area contributed by atoms with Gasteiger partial charge in [-0.3, -0.25) is 9.48 Å². The molecule has 0 spiro atoms. The van der Waals surface area contributed by atoms with E-state index >= 15 is 0 Å². The Hall–Kier alpha value is -3.51. The first-order valence-electron chi connectivity index (χ1n) is 10.9. The van der Waals surface area contributed by atoms with Crippen LogP contribution in [0.15, 0.2) is 89.8 Å². The van der Waals surface area contributed by atoms with Gasteiger partial charge in [0.1, 0.15) is 5.78 Å². The number of anilines is 1. The number of benzene rings is 3. The van der Waals surface area contributed by atoms with Gasteiger partial charge in [0.25, 0.3) is 0 Å². The Morgan fingerprint density at radius 3 is 2.36 bits per heavy atom. The van der Waals surface area contributed by atoms with Gasteiger partial charge in [-0.15, -0.1) is 0 Å². The minimum atomic E-state index is -1.41. The van der Waals surface area contributed by atoms with Crippen LogP contribution in [0, 0.1) is 6.92 Å². The van der Waals surface area contributed by atoms with Crippen molar-refractivity contribution in [2.24, 2.45) is 7.05 Å². The molecule has 0 fully saturated rings. The zero-order valence-corrected chi connectivity index (χ0v) is 19.6. The van der Waals surface area contributed by atoms with Gasteiger partial charge in [-0.05, 0) is 54.3 Å². The van der Waals surface area contributed by atoms with E-state index in [1.807, 2.05) is 104 Å². The number of carbonyl (C=O) groups excluding carboxylic acids is 1. The van der Waals surface area contributed by atoms with Crippen LogP contribution in [-0.4, -0.2) is 19.8 Å². The average molecular weight is 458 g/mol. The first kappa shape index (κ1) is 22.7. The Labute approximate surface area is 197 Å². The second kappa shape index (κ2) is 10.4. The molecular weight excluding hydrogens is 430 g/mol. The lowest BCUT2D eigenvalue weighted by Gasteiger charge is -2.11. The van der Waals surface area contributed by atoms with E-state index in [0.29, 0.717) is 19.3 Å². The molecule has 6 heteroatoms. The molecule has 168 valence electrons. The first-order chi connectivity index (χ1) is 16.0. The topological polar surface area (TPSA) is 64.0 Å². The molecule has 1 unspecified atom stereocenters. The number of aromatic nitrogens is 2. The Morgan fingerprint density at radius 1 is 0.970 bits per heavy atom. The van der Waals surface area contributed by atoms with Crippen molar-refractivity contribution in [1.82, 2.24) is 9.78 Å². The molecule has 0 saturated heterocycles. The van der Waals surface area contributed by atoms with Crippen molar-refractivity contribution < 1.29 is 9.00 Å². The lowest BCUT2D eigenvalue weighted by molar-refractivity contribution is -0.118. The fourth-order valence-corrected chi connectivity index (χ4v) is 4.73. The Balaban J connectivity index is 1.36. The summed E-state index contributed by atoms with van der Waals surface area (Å²) in [5.41, 5.74) is 5.69. The van der Waals surface area contributed by atoms with E-state index in [-0.39, 0.29) is 5.78 Å². The molecule has 33 heavy (non-hydrogen) atoms. The number of carbonyl (C=O) groups is 1. The fourth-order valence-electron chi connectivity index (χ4n) is 3.68. The quantitative estimate of drug-likeness (QED) is 0.372. The second-order valence-corrected chi connectivity index (χ2v) is 9.23. The summed E-state index contributed by atoms with van der Waals surface area (Å²) in [5.74, 6) is 0.180. The molecule has 5 nitrogen and oxygen atoms in total. The van der Waals surface area contributed by atoms with Gasteiger partial charge in [0.15, 0.2) is 11.0 Å². The lowest BCUT2D eigenvalue weighted by Crippen LogP contribution is -2.07. The molecule has 0 aliphatic heterocycles. The van der Waals surface area contributed by atoms with E-state index in [1.165, 1.54) is 0 Å². The number of ketones is 1. The molecule has 0 saturated carbocycles. The SMILES string of the molecule is Cc1cc(CCC(=O)Cc2ccc(NS(=O)c3ccccc3-c3ccccc3)cc2)nn1C. The summed E-state index contributed by atoms with van der Waals surface area (Å²) in [6.45, 7) is 2.00. The van der Waals surface area contributed by atoms with E-state index in [9.17, 15) is 9.00 Å². The summed E-state index contributed by atoms with van der Waals surface area (Å²) in [7, 11) is 0.492. The molecule has 4 aromatic rings. The maximum absolute atomic E-state index is 13.1. The van der Waals surface area contributed by atoms with Crippen LogP contribution in [0.2, 0.25) is 0 Å². The molecule has 1 aromatic heterocycles. The third kappa shape index (κ3) is 5.84. The Morgan fingerprint density at radius 2 is 1.67 bits per heavy atom. The van der Waals surface area contributed by atoms with Crippen LogP contribution in [0.1, 0.15) is 23.4 Å². The highest BCUT2D eigenvalue weighted by molar-refractivity contribution is 7.86. The molecule has 1 N–H and O–H groups in total. The highest BCUT2D eigenvalue weighted by atomic mass is 32.2. The molecule has 0 aliphatic rings. The molecule has 1 atom stereocenters. The fraction of sp³-hybridized carbons (Fsp3) is 0.185. The van der Waals surface area contributed by atoms with Crippen LogP contribution in [0.25, 0.3) is 11.1 Å². The maximum atomic E-state index is 13.1. The summed E-state index contributed by atoms with van der Waals surface area (Å²) in [6.07, 6.45) is 1.50. The van der Waals surface area contributed by atoms with Crippen molar-refractivity contribution in [1.29, 1.82) is 0 Å². The number of nitrogens with one attached hydrogen (secondary N) is 1. The summed E-state index contributed by atoms with van der Waals surface area (Å²) < 4.78 is 18.0. The minimum absolute atomic E-state index is 0.180. The van der Waals surface area contributed by atoms with Gasteiger partial charge in [0.05, 0.1) is 10.6 Å². The molecular formula is C27H27N3O2S. The van der Waals surface area contributed by atoms with Crippen molar-refractivity contribution in [3.8, 4) is 11.1 Å². The molecule has 4 rings (SSSR count). The monoisotopic (exact) mass is 457 g/mol. The number of hydrogen-bond donors (Lipinski definition) is 1. The van der Waals surface area contributed by atoms with E-state index in [0.717, 1.165) is 38.7 Å². The Bertz CT molecular complexity index is 1240. The van der Waals surface area contributed by atoms with Crippen molar-refractivity contribution in [3.63, 3.8) is 0 Å². The van der Waals surface area contributed by atoms with Crippen LogP contribution in [0.3, 0.4) is 0 Å². The normalized spacial score (nSPS) is 11.8. The van der Waals surface area contributed by atoms with Crippen LogP contribution < -0.4 is 4.72 Å². The highest BCUT2D eigenvalue weighted by Crippen LogP contribution is 2.26. The molecule has 0 bridgehead atoms. The number of rotatable bonds is 9. The lowest BCUT2D eigenvalue weighted by atomic mass is 10.0. The highest BCUT2D eigenvalue weighted by Gasteiger charge is 2.12. The summed E-state index contributed by atoms with van der Waals surface area (Å²) >= 11 is 0. The number of nitrogens with zero attached hydrogens (tertiary/aromatic N) is 2. The van der Waals surface area contributed by atoms with Crippen molar-refractivity contribution >= 4 is 22.5 Å². The van der Waals surface area contributed by atoms with Gasteiger partial charge in [0.2, 0.25) is 0 Å². The molecule has 0 radical (unpaired) electrons. The second-order valence-electron chi connectivity index (χ2n) is 8.05. The average Bonchev–Trinajstić information content (AvgIpc) is 3.16. The van der Waals surface area contributed by atoms with Gasteiger partial charge in [0, 0.05) is 31.3 Å².